The number of nitrogens with zero attached hydrogens (tertiary/aromatic N) is 2. The number of carbonyl (C=O) groups is 1. The first-order valence-corrected chi connectivity index (χ1v) is 5.57. The van der Waals surface area contributed by atoms with Crippen LogP contribution in [-0.4, -0.2) is 22.9 Å². The van der Waals surface area contributed by atoms with Gasteiger partial charge in [-0.05, 0) is 24.6 Å². The Morgan fingerprint density at radius 2 is 2.11 bits per heavy atom. The van der Waals surface area contributed by atoms with Crippen LogP contribution in [0.1, 0.15) is 16.1 Å². The molecule has 2 aromatic rings. The maximum atomic E-state index is 12.0. The SMILES string of the molecule is CNc1cncc(C(=O)Nc2cccc(C)c2)n1. The second-order valence-electron chi connectivity index (χ2n) is 3.86. The summed E-state index contributed by atoms with van der Waals surface area (Å²) in [6.45, 7) is 1.97. The van der Waals surface area contributed by atoms with E-state index in [9.17, 15) is 4.79 Å². The van der Waals surface area contributed by atoms with Gasteiger partial charge < -0.3 is 10.6 Å². The molecule has 18 heavy (non-hydrogen) atoms. The molecule has 0 spiro atoms. The van der Waals surface area contributed by atoms with Crippen molar-refractivity contribution in [3.8, 4) is 0 Å². The lowest BCUT2D eigenvalue weighted by Crippen LogP contribution is -2.14. The summed E-state index contributed by atoms with van der Waals surface area (Å²) in [5.41, 5.74) is 2.11. The third kappa shape index (κ3) is 2.82. The van der Waals surface area contributed by atoms with Crippen LogP contribution in [0, 0.1) is 6.92 Å². The monoisotopic (exact) mass is 242 g/mol. The minimum Gasteiger partial charge on any atom is -0.372 e. The minimum absolute atomic E-state index is 0.273. The Balaban J connectivity index is 2.16. The summed E-state index contributed by atoms with van der Waals surface area (Å²) in [5, 5.41) is 5.62. The van der Waals surface area contributed by atoms with Gasteiger partial charge in [0.2, 0.25) is 0 Å². The first kappa shape index (κ1) is 12.0. The molecule has 0 radical (unpaired) electrons. The predicted octanol–water partition coefficient (Wildman–Crippen LogP) is 2.08. The smallest absolute Gasteiger partial charge is 0.275 e. The average molecular weight is 242 g/mol. The van der Waals surface area contributed by atoms with Crippen molar-refractivity contribution in [3.63, 3.8) is 0 Å². The lowest BCUT2D eigenvalue weighted by molar-refractivity contribution is 0.102. The highest BCUT2D eigenvalue weighted by Crippen LogP contribution is 2.11. The van der Waals surface area contributed by atoms with Gasteiger partial charge in [-0.2, -0.15) is 0 Å². The number of hydrogen-bond acceptors (Lipinski definition) is 4. The molecule has 2 rings (SSSR count). The van der Waals surface area contributed by atoms with Crippen LogP contribution in [-0.2, 0) is 0 Å². The zero-order chi connectivity index (χ0) is 13.0. The molecule has 92 valence electrons. The summed E-state index contributed by atoms with van der Waals surface area (Å²) in [6.07, 6.45) is 3.00. The summed E-state index contributed by atoms with van der Waals surface area (Å²) >= 11 is 0. The van der Waals surface area contributed by atoms with E-state index in [4.69, 9.17) is 0 Å². The van der Waals surface area contributed by atoms with Crippen LogP contribution in [0.15, 0.2) is 36.7 Å². The van der Waals surface area contributed by atoms with E-state index in [1.165, 1.54) is 6.20 Å². The van der Waals surface area contributed by atoms with Gasteiger partial charge in [-0.3, -0.25) is 9.78 Å². The van der Waals surface area contributed by atoms with Gasteiger partial charge in [0.15, 0.2) is 0 Å². The quantitative estimate of drug-likeness (QED) is 0.864. The molecule has 0 aliphatic heterocycles. The summed E-state index contributed by atoms with van der Waals surface area (Å²) in [4.78, 5) is 20.0. The molecule has 0 saturated carbocycles. The standard InChI is InChI=1S/C13H14N4O/c1-9-4-3-5-10(6-9)16-13(18)11-7-15-8-12(14-2)17-11/h3-8H,1-2H3,(H,14,17)(H,16,18). The van der Waals surface area contributed by atoms with E-state index < -0.39 is 0 Å². The highest BCUT2D eigenvalue weighted by Gasteiger charge is 2.08. The molecule has 1 aromatic carbocycles. The molecular formula is C13H14N4O. The Morgan fingerprint density at radius 1 is 1.28 bits per heavy atom. The Hall–Kier alpha value is -2.43. The van der Waals surface area contributed by atoms with Crippen LogP contribution in [0.3, 0.4) is 0 Å². The topological polar surface area (TPSA) is 66.9 Å². The molecule has 1 amide bonds. The Kier molecular flexibility index (Phi) is 3.52. The number of aryl methyl sites for hydroxylation is 1. The van der Waals surface area contributed by atoms with Gasteiger partial charge in [0, 0.05) is 12.7 Å². The van der Waals surface area contributed by atoms with E-state index in [0.29, 0.717) is 5.82 Å². The van der Waals surface area contributed by atoms with Gasteiger partial charge in [-0.1, -0.05) is 12.1 Å². The highest BCUT2D eigenvalue weighted by atomic mass is 16.1. The number of anilines is 2. The number of benzene rings is 1. The fourth-order valence-corrected chi connectivity index (χ4v) is 1.51. The zero-order valence-electron chi connectivity index (χ0n) is 10.3. The predicted molar refractivity (Wildman–Crippen MR) is 70.7 cm³/mol. The fraction of sp³-hybridized carbons (Fsp3) is 0.154. The van der Waals surface area contributed by atoms with Crippen LogP contribution in [0.25, 0.3) is 0 Å². The lowest BCUT2D eigenvalue weighted by Gasteiger charge is -2.06. The van der Waals surface area contributed by atoms with E-state index in [-0.39, 0.29) is 11.6 Å². The molecule has 0 aliphatic carbocycles. The van der Waals surface area contributed by atoms with Gasteiger partial charge in [-0.25, -0.2) is 4.98 Å². The highest BCUT2D eigenvalue weighted by molar-refractivity contribution is 6.02. The zero-order valence-corrected chi connectivity index (χ0v) is 10.3. The average Bonchev–Trinajstić information content (AvgIpc) is 2.39. The third-order valence-corrected chi connectivity index (χ3v) is 2.40. The number of hydrogen-bond donors (Lipinski definition) is 2. The van der Waals surface area contributed by atoms with E-state index in [1.54, 1.807) is 13.2 Å². The van der Waals surface area contributed by atoms with E-state index in [2.05, 4.69) is 20.6 Å². The first-order chi connectivity index (χ1) is 8.69. The first-order valence-electron chi connectivity index (χ1n) is 5.57. The number of rotatable bonds is 3. The minimum atomic E-state index is -0.273. The van der Waals surface area contributed by atoms with Crippen molar-refractivity contribution in [2.45, 2.75) is 6.92 Å². The van der Waals surface area contributed by atoms with Crippen molar-refractivity contribution in [2.24, 2.45) is 0 Å². The van der Waals surface area contributed by atoms with Gasteiger partial charge >= 0.3 is 0 Å². The number of aromatic nitrogens is 2. The Labute approximate surface area is 105 Å². The van der Waals surface area contributed by atoms with Crippen LogP contribution in [0.4, 0.5) is 11.5 Å². The molecule has 5 nitrogen and oxygen atoms in total. The third-order valence-electron chi connectivity index (χ3n) is 2.40. The number of amides is 1. The molecule has 2 N–H and O–H groups in total. The van der Waals surface area contributed by atoms with Gasteiger partial charge in [-0.15, -0.1) is 0 Å². The maximum Gasteiger partial charge on any atom is 0.275 e. The van der Waals surface area contributed by atoms with Crippen LogP contribution < -0.4 is 10.6 Å². The van der Waals surface area contributed by atoms with Crippen molar-refractivity contribution in [3.05, 3.63) is 47.9 Å². The molecule has 0 saturated heterocycles. The van der Waals surface area contributed by atoms with Crippen molar-refractivity contribution in [1.29, 1.82) is 0 Å². The largest absolute Gasteiger partial charge is 0.372 e. The van der Waals surface area contributed by atoms with Crippen molar-refractivity contribution in [1.82, 2.24) is 9.97 Å². The van der Waals surface area contributed by atoms with Gasteiger partial charge in [0.1, 0.15) is 11.5 Å². The van der Waals surface area contributed by atoms with E-state index in [1.807, 2.05) is 31.2 Å². The van der Waals surface area contributed by atoms with Crippen LogP contribution in [0.2, 0.25) is 0 Å². The lowest BCUT2D eigenvalue weighted by atomic mass is 10.2. The van der Waals surface area contributed by atoms with E-state index >= 15 is 0 Å². The van der Waals surface area contributed by atoms with Crippen LogP contribution >= 0.6 is 0 Å². The van der Waals surface area contributed by atoms with E-state index in [0.717, 1.165) is 11.3 Å². The molecular weight excluding hydrogens is 228 g/mol. The molecule has 1 heterocycles. The second kappa shape index (κ2) is 5.27. The summed E-state index contributed by atoms with van der Waals surface area (Å²) in [7, 11) is 1.73. The second-order valence-corrected chi connectivity index (χ2v) is 3.86. The summed E-state index contributed by atoms with van der Waals surface area (Å²) in [6, 6.07) is 7.59. The summed E-state index contributed by atoms with van der Waals surface area (Å²) < 4.78 is 0. The Bertz CT molecular complexity index is 568. The molecule has 0 unspecified atom stereocenters. The van der Waals surface area contributed by atoms with Crippen molar-refractivity contribution in [2.75, 3.05) is 17.7 Å². The fourth-order valence-electron chi connectivity index (χ4n) is 1.51. The van der Waals surface area contributed by atoms with Gasteiger partial charge in [0.25, 0.3) is 5.91 Å². The van der Waals surface area contributed by atoms with Crippen LogP contribution in [0.5, 0.6) is 0 Å². The molecule has 1 aromatic heterocycles. The molecule has 5 heteroatoms. The molecule has 0 atom stereocenters. The maximum absolute atomic E-state index is 12.0. The normalized spacial score (nSPS) is 9.89. The van der Waals surface area contributed by atoms with Crippen molar-refractivity contribution < 1.29 is 4.79 Å². The van der Waals surface area contributed by atoms with Crippen molar-refractivity contribution >= 4 is 17.4 Å². The molecule has 0 fully saturated rings. The summed E-state index contributed by atoms with van der Waals surface area (Å²) in [5.74, 6) is 0.289. The Morgan fingerprint density at radius 3 is 2.83 bits per heavy atom. The van der Waals surface area contributed by atoms with Gasteiger partial charge in [0.05, 0.1) is 12.4 Å². The molecule has 0 aliphatic rings. The number of carbonyl (C=O) groups excluding carboxylic acids is 1. The number of nitrogens with one attached hydrogen (secondary N) is 2. The molecule has 0 bridgehead atoms.